The van der Waals surface area contributed by atoms with Gasteiger partial charge in [-0.15, -0.1) is 0 Å². The summed E-state index contributed by atoms with van der Waals surface area (Å²) in [7, 11) is 0. The summed E-state index contributed by atoms with van der Waals surface area (Å²) in [5, 5.41) is 9.21. The Labute approximate surface area is 110 Å². The average molecular weight is 266 g/mol. The van der Waals surface area contributed by atoms with Gasteiger partial charge in [-0.05, 0) is 18.2 Å². The second-order valence-electron chi connectivity index (χ2n) is 3.98. The maximum atomic E-state index is 11.1. The van der Waals surface area contributed by atoms with E-state index in [1.54, 1.807) is 18.2 Å². The molecule has 1 heterocycles. The van der Waals surface area contributed by atoms with Crippen LogP contribution in [0.1, 0.15) is 5.56 Å². The number of carbonyl (C=O) groups excluding carboxylic acids is 1. The van der Waals surface area contributed by atoms with Crippen LogP contribution in [0.5, 0.6) is 0 Å². The van der Waals surface area contributed by atoms with E-state index < -0.39 is 12.0 Å². The predicted molar refractivity (Wildman–Crippen MR) is 67.3 cm³/mol. The lowest BCUT2D eigenvalue weighted by Crippen LogP contribution is -2.48. The van der Waals surface area contributed by atoms with Crippen LogP contribution in [0.15, 0.2) is 18.2 Å². The summed E-state index contributed by atoms with van der Waals surface area (Å²) < 4.78 is 5.26. The van der Waals surface area contributed by atoms with Crippen LogP contribution in [0, 0.1) is 11.3 Å². The van der Waals surface area contributed by atoms with Crippen molar-refractivity contribution < 1.29 is 9.53 Å². The number of morpholine rings is 1. The van der Waals surface area contributed by atoms with Crippen molar-refractivity contribution in [1.29, 1.82) is 5.26 Å². The zero-order valence-corrected chi connectivity index (χ0v) is 10.4. The first kappa shape index (κ1) is 12.7. The number of nitrogens with two attached hydrogens (primary N) is 1. The number of carbonyl (C=O) groups is 1. The molecule has 0 saturated carbocycles. The molecule has 94 valence electrons. The van der Waals surface area contributed by atoms with Gasteiger partial charge in [-0.2, -0.15) is 5.26 Å². The van der Waals surface area contributed by atoms with Gasteiger partial charge in [0.1, 0.15) is 6.07 Å². The van der Waals surface area contributed by atoms with Gasteiger partial charge in [0.05, 0.1) is 23.7 Å². The van der Waals surface area contributed by atoms with E-state index in [0.717, 1.165) is 5.69 Å². The van der Waals surface area contributed by atoms with Gasteiger partial charge in [0.2, 0.25) is 5.91 Å². The Morgan fingerprint density at radius 2 is 2.39 bits per heavy atom. The van der Waals surface area contributed by atoms with Gasteiger partial charge in [0, 0.05) is 12.2 Å². The van der Waals surface area contributed by atoms with E-state index in [-0.39, 0.29) is 0 Å². The molecule has 0 radical (unpaired) electrons. The Balaban J connectivity index is 2.19. The molecule has 0 aromatic heterocycles. The van der Waals surface area contributed by atoms with Crippen molar-refractivity contribution in [2.45, 2.75) is 6.10 Å². The summed E-state index contributed by atoms with van der Waals surface area (Å²) in [6, 6.07) is 7.17. The quantitative estimate of drug-likeness (QED) is 0.862. The van der Waals surface area contributed by atoms with Crippen LogP contribution in [0.25, 0.3) is 0 Å². The number of hydrogen-bond acceptors (Lipinski definition) is 4. The molecule has 1 aromatic rings. The Hall–Kier alpha value is -1.77. The van der Waals surface area contributed by atoms with Crippen molar-refractivity contribution in [1.82, 2.24) is 0 Å². The first-order chi connectivity index (χ1) is 8.61. The van der Waals surface area contributed by atoms with Crippen LogP contribution in [0.2, 0.25) is 5.02 Å². The highest BCUT2D eigenvalue weighted by molar-refractivity contribution is 6.32. The number of amides is 1. The summed E-state index contributed by atoms with van der Waals surface area (Å²) in [6.45, 7) is 1.49. The number of hydrogen-bond donors (Lipinski definition) is 1. The van der Waals surface area contributed by atoms with E-state index in [1.807, 2.05) is 11.0 Å². The molecule has 1 amide bonds. The van der Waals surface area contributed by atoms with Crippen LogP contribution in [0.4, 0.5) is 5.69 Å². The highest BCUT2D eigenvalue weighted by atomic mass is 35.5. The van der Waals surface area contributed by atoms with Gasteiger partial charge in [0.15, 0.2) is 6.10 Å². The molecule has 1 aliphatic heterocycles. The molecule has 1 aliphatic rings. The molecule has 1 saturated heterocycles. The van der Waals surface area contributed by atoms with E-state index in [9.17, 15) is 4.79 Å². The van der Waals surface area contributed by atoms with E-state index >= 15 is 0 Å². The van der Waals surface area contributed by atoms with Crippen LogP contribution in [-0.2, 0) is 9.53 Å². The molecule has 18 heavy (non-hydrogen) atoms. The van der Waals surface area contributed by atoms with E-state index in [4.69, 9.17) is 27.3 Å². The number of nitriles is 1. The highest BCUT2D eigenvalue weighted by Gasteiger charge is 2.25. The third kappa shape index (κ3) is 2.55. The average Bonchev–Trinajstić information content (AvgIpc) is 2.38. The van der Waals surface area contributed by atoms with Gasteiger partial charge in [-0.25, -0.2) is 0 Å². The minimum absolute atomic E-state index is 0.400. The molecule has 5 nitrogen and oxygen atoms in total. The third-order valence-electron chi connectivity index (χ3n) is 2.82. The summed E-state index contributed by atoms with van der Waals surface area (Å²) in [5.74, 6) is -0.473. The maximum Gasteiger partial charge on any atom is 0.248 e. The topological polar surface area (TPSA) is 79.3 Å². The molecule has 0 spiro atoms. The van der Waals surface area contributed by atoms with Gasteiger partial charge in [-0.1, -0.05) is 11.6 Å². The fourth-order valence-corrected chi connectivity index (χ4v) is 2.06. The second kappa shape index (κ2) is 5.25. The van der Waals surface area contributed by atoms with Crippen molar-refractivity contribution in [2.75, 3.05) is 24.6 Å². The number of anilines is 1. The summed E-state index contributed by atoms with van der Waals surface area (Å²) in [6.07, 6.45) is -0.604. The van der Waals surface area contributed by atoms with Gasteiger partial charge < -0.3 is 15.4 Å². The van der Waals surface area contributed by atoms with Crippen molar-refractivity contribution >= 4 is 23.2 Å². The molecular weight excluding hydrogens is 254 g/mol. The van der Waals surface area contributed by atoms with Crippen LogP contribution < -0.4 is 10.6 Å². The molecule has 1 atom stereocenters. The predicted octanol–water partition coefficient (Wildman–Crippen LogP) is 0.902. The first-order valence-electron chi connectivity index (χ1n) is 5.47. The lowest BCUT2D eigenvalue weighted by molar-refractivity contribution is -0.130. The Morgan fingerprint density at radius 1 is 1.61 bits per heavy atom. The number of halogens is 1. The third-order valence-corrected chi connectivity index (χ3v) is 3.13. The Kier molecular flexibility index (Phi) is 3.70. The zero-order chi connectivity index (χ0) is 13.1. The number of benzene rings is 1. The fourth-order valence-electron chi connectivity index (χ4n) is 1.85. The smallest absolute Gasteiger partial charge is 0.248 e. The van der Waals surface area contributed by atoms with Crippen molar-refractivity contribution in [2.24, 2.45) is 5.73 Å². The highest BCUT2D eigenvalue weighted by Crippen LogP contribution is 2.24. The fraction of sp³-hybridized carbons (Fsp3) is 0.333. The van der Waals surface area contributed by atoms with Gasteiger partial charge in [0.25, 0.3) is 0 Å². The Bertz CT molecular complexity index is 513. The van der Waals surface area contributed by atoms with Crippen LogP contribution in [0.3, 0.4) is 0 Å². The largest absolute Gasteiger partial charge is 0.367 e. The van der Waals surface area contributed by atoms with Gasteiger partial charge >= 0.3 is 0 Å². The molecule has 0 aliphatic carbocycles. The molecule has 1 unspecified atom stereocenters. The van der Waals surface area contributed by atoms with Crippen LogP contribution >= 0.6 is 11.6 Å². The molecule has 2 N–H and O–H groups in total. The number of rotatable bonds is 2. The molecule has 2 rings (SSSR count). The van der Waals surface area contributed by atoms with E-state index in [1.165, 1.54) is 0 Å². The zero-order valence-electron chi connectivity index (χ0n) is 9.60. The monoisotopic (exact) mass is 265 g/mol. The molecule has 1 aromatic carbocycles. The SMILES string of the molecule is N#Cc1ccc(N2CCOC(C(N)=O)C2)cc1Cl. The number of nitrogens with zero attached hydrogens (tertiary/aromatic N) is 2. The van der Waals surface area contributed by atoms with Crippen molar-refractivity contribution in [3.8, 4) is 6.07 Å². The molecule has 6 heteroatoms. The summed E-state index contributed by atoms with van der Waals surface area (Å²) >= 11 is 5.98. The molecular formula is C12H12ClN3O2. The maximum absolute atomic E-state index is 11.1. The van der Waals surface area contributed by atoms with Crippen molar-refractivity contribution in [3.05, 3.63) is 28.8 Å². The number of primary amides is 1. The second-order valence-corrected chi connectivity index (χ2v) is 4.39. The minimum atomic E-state index is -0.604. The molecule has 1 fully saturated rings. The van der Waals surface area contributed by atoms with E-state index in [2.05, 4.69) is 0 Å². The van der Waals surface area contributed by atoms with Crippen LogP contribution in [-0.4, -0.2) is 31.7 Å². The van der Waals surface area contributed by atoms with E-state index in [0.29, 0.717) is 30.3 Å². The lowest BCUT2D eigenvalue weighted by Gasteiger charge is -2.33. The van der Waals surface area contributed by atoms with Gasteiger partial charge in [-0.3, -0.25) is 4.79 Å². The first-order valence-corrected chi connectivity index (χ1v) is 5.85. The minimum Gasteiger partial charge on any atom is -0.367 e. The molecule has 0 bridgehead atoms. The number of ether oxygens (including phenoxy) is 1. The van der Waals surface area contributed by atoms with Crippen molar-refractivity contribution in [3.63, 3.8) is 0 Å². The standard InChI is InChI=1S/C12H12ClN3O2/c13-10-5-9(2-1-8(10)6-14)16-3-4-18-11(7-16)12(15)17/h1-2,5,11H,3-4,7H2,(H2,15,17). The lowest BCUT2D eigenvalue weighted by atomic mass is 10.2. The Morgan fingerprint density at radius 3 is 3.00 bits per heavy atom. The normalized spacial score (nSPS) is 19.3. The summed E-state index contributed by atoms with van der Waals surface area (Å²) in [5.41, 5.74) is 6.51. The summed E-state index contributed by atoms with van der Waals surface area (Å²) in [4.78, 5) is 13.1.